The van der Waals surface area contributed by atoms with Crippen LogP contribution >= 0.6 is 0 Å². The highest BCUT2D eigenvalue weighted by molar-refractivity contribution is 5.30. The Bertz CT molecular complexity index is 416. The molecule has 1 heterocycles. The average molecular weight is 297 g/mol. The molecule has 0 fully saturated rings. The number of ether oxygens (including phenoxy) is 2. The maximum Gasteiger partial charge on any atom is 0.161 e. The van der Waals surface area contributed by atoms with Crippen LogP contribution in [0.5, 0.6) is 5.75 Å². The van der Waals surface area contributed by atoms with Gasteiger partial charge in [0, 0.05) is 13.2 Å². The molecule has 0 bridgehead atoms. The van der Waals surface area contributed by atoms with E-state index in [2.05, 4.69) is 38.1 Å². The Morgan fingerprint density at radius 2 is 2.00 bits per heavy atom. The second-order valence-corrected chi connectivity index (χ2v) is 5.74. The van der Waals surface area contributed by atoms with Crippen LogP contribution in [0.1, 0.15) is 59.2 Å². The maximum absolute atomic E-state index is 5.99. The molecule has 0 aliphatic carbocycles. The lowest BCUT2D eigenvalue weighted by molar-refractivity contribution is -0.0416. The highest BCUT2D eigenvalue weighted by Crippen LogP contribution is 2.34. The second kappa shape index (κ2) is 8.39. The number of nitrogens with zero attached hydrogens (tertiary/aromatic N) is 2. The summed E-state index contributed by atoms with van der Waals surface area (Å²) in [4.78, 5) is 0. The van der Waals surface area contributed by atoms with E-state index in [1.54, 1.807) is 13.3 Å². The summed E-state index contributed by atoms with van der Waals surface area (Å²) >= 11 is 0. The Balaban J connectivity index is 3.20. The van der Waals surface area contributed by atoms with Crippen LogP contribution < -0.4 is 10.1 Å². The van der Waals surface area contributed by atoms with Gasteiger partial charge in [-0.1, -0.05) is 13.8 Å². The molecule has 5 nitrogen and oxygen atoms in total. The Hall–Kier alpha value is -1.07. The van der Waals surface area contributed by atoms with Gasteiger partial charge in [0.2, 0.25) is 0 Å². The van der Waals surface area contributed by atoms with E-state index in [1.165, 1.54) is 0 Å². The van der Waals surface area contributed by atoms with Crippen LogP contribution in [0.2, 0.25) is 0 Å². The Morgan fingerprint density at radius 1 is 1.29 bits per heavy atom. The number of hydrogen-bond donors (Lipinski definition) is 1. The van der Waals surface area contributed by atoms with E-state index in [1.807, 2.05) is 11.6 Å². The van der Waals surface area contributed by atoms with Crippen LogP contribution in [0.15, 0.2) is 6.20 Å². The standard InChI is InChI=1S/C16H31N3O2/c1-7-10-17-15(16(4,5)21-9-3)14-13(20-6)12-18-19(14)11-8-2/h12,15,17H,7-11H2,1-6H3. The van der Waals surface area contributed by atoms with Crippen LogP contribution in [0.4, 0.5) is 0 Å². The first-order valence-electron chi connectivity index (χ1n) is 7.98. The van der Waals surface area contributed by atoms with Crippen molar-refractivity contribution in [2.75, 3.05) is 20.3 Å². The molecule has 1 N–H and O–H groups in total. The monoisotopic (exact) mass is 297 g/mol. The van der Waals surface area contributed by atoms with E-state index in [9.17, 15) is 0 Å². The molecule has 122 valence electrons. The zero-order valence-corrected chi connectivity index (χ0v) is 14.4. The van der Waals surface area contributed by atoms with Gasteiger partial charge in [-0.3, -0.25) is 4.68 Å². The van der Waals surface area contributed by atoms with Crippen molar-refractivity contribution in [3.8, 4) is 5.75 Å². The summed E-state index contributed by atoms with van der Waals surface area (Å²) in [5.74, 6) is 0.824. The number of nitrogens with one attached hydrogen (secondary N) is 1. The fraction of sp³-hybridized carbons (Fsp3) is 0.812. The van der Waals surface area contributed by atoms with Crippen LogP contribution in [0.3, 0.4) is 0 Å². The molecule has 0 aliphatic heterocycles. The molecule has 1 rings (SSSR count). The van der Waals surface area contributed by atoms with E-state index in [0.717, 1.165) is 37.4 Å². The van der Waals surface area contributed by atoms with Crippen LogP contribution in [-0.2, 0) is 11.3 Å². The molecule has 0 amide bonds. The third-order valence-corrected chi connectivity index (χ3v) is 3.58. The molecule has 1 aromatic heterocycles. The van der Waals surface area contributed by atoms with Gasteiger partial charge in [0.1, 0.15) is 5.69 Å². The van der Waals surface area contributed by atoms with E-state index in [4.69, 9.17) is 9.47 Å². The van der Waals surface area contributed by atoms with Crippen LogP contribution in [0, 0.1) is 0 Å². The van der Waals surface area contributed by atoms with E-state index >= 15 is 0 Å². The highest BCUT2D eigenvalue weighted by atomic mass is 16.5. The molecule has 0 saturated heterocycles. The summed E-state index contributed by atoms with van der Waals surface area (Å²) in [6.07, 6.45) is 3.91. The van der Waals surface area contributed by atoms with E-state index in [0.29, 0.717) is 6.61 Å². The minimum absolute atomic E-state index is 0.0430. The first-order chi connectivity index (χ1) is 10.0. The molecule has 0 spiro atoms. The smallest absolute Gasteiger partial charge is 0.161 e. The van der Waals surface area contributed by atoms with Gasteiger partial charge >= 0.3 is 0 Å². The van der Waals surface area contributed by atoms with Gasteiger partial charge in [-0.2, -0.15) is 5.10 Å². The number of rotatable bonds is 10. The lowest BCUT2D eigenvalue weighted by atomic mass is 9.94. The summed E-state index contributed by atoms with van der Waals surface area (Å²) in [5, 5.41) is 8.08. The Kier molecular flexibility index (Phi) is 7.18. The minimum Gasteiger partial charge on any atom is -0.493 e. The minimum atomic E-state index is -0.331. The molecule has 21 heavy (non-hydrogen) atoms. The van der Waals surface area contributed by atoms with Crippen molar-refractivity contribution in [3.63, 3.8) is 0 Å². The van der Waals surface area contributed by atoms with E-state index in [-0.39, 0.29) is 11.6 Å². The van der Waals surface area contributed by atoms with Gasteiger partial charge in [-0.15, -0.1) is 0 Å². The summed E-state index contributed by atoms with van der Waals surface area (Å²) in [6, 6.07) is 0.0430. The summed E-state index contributed by atoms with van der Waals surface area (Å²) in [5.41, 5.74) is 0.745. The van der Waals surface area contributed by atoms with Crippen LogP contribution in [-0.4, -0.2) is 35.6 Å². The third kappa shape index (κ3) is 4.45. The first-order valence-corrected chi connectivity index (χ1v) is 7.98. The van der Waals surface area contributed by atoms with Crippen LogP contribution in [0.25, 0.3) is 0 Å². The van der Waals surface area contributed by atoms with Gasteiger partial charge in [0.25, 0.3) is 0 Å². The zero-order valence-electron chi connectivity index (χ0n) is 14.4. The molecule has 5 heteroatoms. The average Bonchev–Trinajstić information content (AvgIpc) is 2.82. The largest absolute Gasteiger partial charge is 0.493 e. The lowest BCUT2D eigenvalue weighted by Gasteiger charge is -2.35. The highest BCUT2D eigenvalue weighted by Gasteiger charge is 2.35. The summed E-state index contributed by atoms with van der Waals surface area (Å²) in [6.45, 7) is 13.1. The molecular weight excluding hydrogens is 266 g/mol. The predicted octanol–water partition coefficient (Wildman–Crippen LogP) is 3.16. The molecule has 0 radical (unpaired) electrons. The van der Waals surface area contributed by atoms with Gasteiger partial charge < -0.3 is 14.8 Å². The molecule has 0 saturated carbocycles. The van der Waals surface area contributed by atoms with Crippen molar-refractivity contribution in [2.45, 2.75) is 65.6 Å². The summed E-state index contributed by atoms with van der Waals surface area (Å²) in [7, 11) is 1.70. The number of methoxy groups -OCH3 is 1. The molecule has 1 atom stereocenters. The van der Waals surface area contributed by atoms with Crippen molar-refractivity contribution in [2.24, 2.45) is 0 Å². The van der Waals surface area contributed by atoms with Crippen molar-refractivity contribution in [1.82, 2.24) is 15.1 Å². The fourth-order valence-electron chi connectivity index (χ4n) is 2.63. The van der Waals surface area contributed by atoms with Gasteiger partial charge in [0.05, 0.1) is 24.9 Å². The molecular formula is C16H31N3O2. The number of hydrogen-bond acceptors (Lipinski definition) is 4. The first kappa shape index (κ1) is 18.0. The fourth-order valence-corrected chi connectivity index (χ4v) is 2.63. The van der Waals surface area contributed by atoms with Crippen molar-refractivity contribution in [3.05, 3.63) is 11.9 Å². The van der Waals surface area contributed by atoms with Crippen molar-refractivity contribution in [1.29, 1.82) is 0 Å². The summed E-state index contributed by atoms with van der Waals surface area (Å²) < 4.78 is 13.5. The second-order valence-electron chi connectivity index (χ2n) is 5.74. The van der Waals surface area contributed by atoms with Crippen molar-refractivity contribution >= 4 is 0 Å². The molecule has 0 aliphatic rings. The van der Waals surface area contributed by atoms with E-state index < -0.39 is 0 Å². The zero-order chi connectivity index (χ0) is 15.9. The third-order valence-electron chi connectivity index (χ3n) is 3.58. The quantitative estimate of drug-likeness (QED) is 0.720. The normalized spacial score (nSPS) is 13.4. The Morgan fingerprint density at radius 3 is 2.52 bits per heavy atom. The number of aryl methyl sites for hydroxylation is 1. The lowest BCUT2D eigenvalue weighted by Crippen LogP contribution is -2.43. The van der Waals surface area contributed by atoms with Gasteiger partial charge in [-0.05, 0) is 40.2 Å². The van der Waals surface area contributed by atoms with Gasteiger partial charge in [-0.25, -0.2) is 0 Å². The SMILES string of the molecule is CCCNC(c1c(OC)cnn1CCC)C(C)(C)OCC. The predicted molar refractivity (Wildman–Crippen MR) is 85.8 cm³/mol. The Labute approximate surface area is 129 Å². The van der Waals surface area contributed by atoms with Crippen molar-refractivity contribution < 1.29 is 9.47 Å². The molecule has 1 unspecified atom stereocenters. The maximum atomic E-state index is 5.99. The van der Waals surface area contributed by atoms with Gasteiger partial charge in [0.15, 0.2) is 5.75 Å². The topological polar surface area (TPSA) is 48.3 Å². The molecule has 0 aromatic carbocycles. The number of aromatic nitrogens is 2. The molecule has 1 aromatic rings.